The SMILES string of the molecule is CCNC(c1csc(I)c1)c1c(C)c(C)c(C)c(C)c1C. The van der Waals surface area contributed by atoms with Crippen LogP contribution in [0.4, 0.5) is 0 Å². The van der Waals surface area contributed by atoms with Gasteiger partial charge in [0.15, 0.2) is 0 Å². The van der Waals surface area contributed by atoms with Crippen molar-refractivity contribution >= 4 is 33.9 Å². The molecule has 1 atom stereocenters. The quantitative estimate of drug-likeness (QED) is 0.644. The summed E-state index contributed by atoms with van der Waals surface area (Å²) in [5.74, 6) is 0. The van der Waals surface area contributed by atoms with Gasteiger partial charge >= 0.3 is 0 Å². The third-order valence-corrected chi connectivity index (χ3v) is 6.48. The molecular formula is C18H24INS. The Labute approximate surface area is 146 Å². The molecule has 1 aromatic carbocycles. The van der Waals surface area contributed by atoms with Crippen LogP contribution in [0.3, 0.4) is 0 Å². The lowest BCUT2D eigenvalue weighted by Crippen LogP contribution is -2.24. The highest BCUT2D eigenvalue weighted by molar-refractivity contribution is 14.1. The Bertz CT molecular complexity index is 628. The van der Waals surface area contributed by atoms with Gasteiger partial charge < -0.3 is 5.32 Å². The van der Waals surface area contributed by atoms with E-state index in [9.17, 15) is 0 Å². The molecule has 3 heteroatoms. The highest BCUT2D eigenvalue weighted by Gasteiger charge is 2.22. The molecule has 0 aliphatic rings. The van der Waals surface area contributed by atoms with Crippen LogP contribution in [0.5, 0.6) is 0 Å². The molecule has 2 aromatic rings. The molecule has 1 aromatic heterocycles. The fourth-order valence-corrected chi connectivity index (χ4v) is 4.43. The molecule has 1 N–H and O–H groups in total. The van der Waals surface area contributed by atoms with Crippen molar-refractivity contribution in [3.8, 4) is 0 Å². The standard InChI is InChI=1S/C18H24INS/c1-7-20-18(15-8-16(19)21-9-15)17-13(5)11(3)10(2)12(4)14(17)6/h8-9,18,20H,7H2,1-6H3. The number of rotatable bonds is 4. The Morgan fingerprint density at radius 3 is 1.95 bits per heavy atom. The smallest absolute Gasteiger partial charge is 0.0656 e. The van der Waals surface area contributed by atoms with Crippen LogP contribution in [0.15, 0.2) is 11.4 Å². The average Bonchev–Trinajstić information content (AvgIpc) is 2.88. The van der Waals surface area contributed by atoms with E-state index in [0.717, 1.165) is 6.54 Å². The zero-order valence-corrected chi connectivity index (χ0v) is 16.7. The second-order valence-electron chi connectivity index (χ2n) is 5.71. The summed E-state index contributed by atoms with van der Waals surface area (Å²) in [7, 11) is 0. The van der Waals surface area contributed by atoms with Crippen LogP contribution < -0.4 is 5.32 Å². The van der Waals surface area contributed by atoms with Crippen molar-refractivity contribution < 1.29 is 0 Å². The maximum atomic E-state index is 3.69. The Morgan fingerprint density at radius 1 is 1.00 bits per heavy atom. The topological polar surface area (TPSA) is 12.0 Å². The predicted molar refractivity (Wildman–Crippen MR) is 103 cm³/mol. The Kier molecular flexibility index (Phi) is 5.49. The number of benzene rings is 1. The molecule has 0 amide bonds. The summed E-state index contributed by atoms with van der Waals surface area (Å²) in [6.07, 6.45) is 0. The molecule has 0 saturated carbocycles. The van der Waals surface area contributed by atoms with Gasteiger partial charge in [-0.1, -0.05) is 6.92 Å². The van der Waals surface area contributed by atoms with Gasteiger partial charge in [-0.05, 0) is 114 Å². The van der Waals surface area contributed by atoms with Crippen LogP contribution in [0.25, 0.3) is 0 Å². The first-order chi connectivity index (χ1) is 9.88. The van der Waals surface area contributed by atoms with Crippen LogP contribution in [-0.2, 0) is 0 Å². The van der Waals surface area contributed by atoms with Gasteiger partial charge in [-0.15, -0.1) is 11.3 Å². The second-order valence-corrected chi connectivity index (χ2v) is 8.52. The van der Waals surface area contributed by atoms with E-state index < -0.39 is 0 Å². The number of thiophene rings is 1. The van der Waals surface area contributed by atoms with Gasteiger partial charge in [0.1, 0.15) is 0 Å². The molecule has 0 aliphatic carbocycles. The minimum absolute atomic E-state index is 0.299. The minimum Gasteiger partial charge on any atom is -0.306 e. The first kappa shape index (κ1) is 17.0. The Hall–Kier alpha value is -0.390. The van der Waals surface area contributed by atoms with E-state index in [1.165, 1.54) is 41.8 Å². The summed E-state index contributed by atoms with van der Waals surface area (Å²) >= 11 is 4.23. The van der Waals surface area contributed by atoms with Crippen molar-refractivity contribution in [3.05, 3.63) is 53.3 Å². The summed E-state index contributed by atoms with van der Waals surface area (Å²) in [5.41, 5.74) is 10.0. The normalized spacial score (nSPS) is 12.7. The molecular weight excluding hydrogens is 389 g/mol. The lowest BCUT2D eigenvalue weighted by atomic mass is 9.84. The van der Waals surface area contributed by atoms with Crippen molar-refractivity contribution in [2.75, 3.05) is 6.54 Å². The lowest BCUT2D eigenvalue weighted by molar-refractivity contribution is 0.624. The zero-order valence-electron chi connectivity index (χ0n) is 13.7. The maximum absolute atomic E-state index is 3.69. The minimum atomic E-state index is 0.299. The molecule has 21 heavy (non-hydrogen) atoms. The van der Waals surface area contributed by atoms with Crippen LogP contribution in [0.1, 0.15) is 51.9 Å². The molecule has 1 unspecified atom stereocenters. The van der Waals surface area contributed by atoms with Crippen molar-refractivity contribution in [2.24, 2.45) is 0 Å². The largest absolute Gasteiger partial charge is 0.306 e. The summed E-state index contributed by atoms with van der Waals surface area (Å²) < 4.78 is 1.35. The van der Waals surface area contributed by atoms with Gasteiger partial charge in [0.2, 0.25) is 0 Å². The summed E-state index contributed by atoms with van der Waals surface area (Å²) in [4.78, 5) is 0. The third kappa shape index (κ3) is 3.20. The average molecular weight is 413 g/mol. The molecule has 0 radical (unpaired) electrons. The first-order valence-corrected chi connectivity index (χ1v) is 9.38. The van der Waals surface area contributed by atoms with E-state index in [0.29, 0.717) is 6.04 Å². The molecule has 1 heterocycles. The summed E-state index contributed by atoms with van der Waals surface area (Å²) in [5, 5.41) is 5.98. The molecule has 1 nitrogen and oxygen atoms in total. The lowest BCUT2D eigenvalue weighted by Gasteiger charge is -2.26. The fourth-order valence-electron chi connectivity index (χ4n) is 3.03. The van der Waals surface area contributed by atoms with Crippen LogP contribution >= 0.6 is 33.9 Å². The van der Waals surface area contributed by atoms with E-state index in [2.05, 4.69) is 80.9 Å². The van der Waals surface area contributed by atoms with Crippen LogP contribution in [0.2, 0.25) is 0 Å². The van der Waals surface area contributed by atoms with E-state index in [1.54, 1.807) is 0 Å². The van der Waals surface area contributed by atoms with E-state index >= 15 is 0 Å². The monoisotopic (exact) mass is 413 g/mol. The van der Waals surface area contributed by atoms with Gasteiger partial charge in [-0.2, -0.15) is 0 Å². The third-order valence-electron chi connectivity index (χ3n) is 4.68. The van der Waals surface area contributed by atoms with E-state index in [-0.39, 0.29) is 0 Å². The number of hydrogen-bond donors (Lipinski definition) is 1. The maximum Gasteiger partial charge on any atom is 0.0656 e. The number of hydrogen-bond acceptors (Lipinski definition) is 2. The highest BCUT2D eigenvalue weighted by Crippen LogP contribution is 2.35. The molecule has 0 fully saturated rings. The molecule has 0 bridgehead atoms. The van der Waals surface area contributed by atoms with Crippen molar-refractivity contribution in [1.29, 1.82) is 0 Å². The second kappa shape index (κ2) is 6.80. The van der Waals surface area contributed by atoms with E-state index in [1.807, 2.05) is 11.3 Å². The first-order valence-electron chi connectivity index (χ1n) is 7.42. The van der Waals surface area contributed by atoms with Crippen molar-refractivity contribution in [1.82, 2.24) is 5.32 Å². The van der Waals surface area contributed by atoms with Gasteiger partial charge in [-0.25, -0.2) is 0 Å². The number of halogens is 1. The molecule has 0 spiro atoms. The van der Waals surface area contributed by atoms with Crippen molar-refractivity contribution in [3.63, 3.8) is 0 Å². The molecule has 0 aliphatic heterocycles. The molecule has 114 valence electrons. The molecule has 2 rings (SSSR count). The van der Waals surface area contributed by atoms with E-state index in [4.69, 9.17) is 0 Å². The summed E-state index contributed by atoms with van der Waals surface area (Å²) in [6.45, 7) is 14.4. The summed E-state index contributed by atoms with van der Waals surface area (Å²) in [6, 6.07) is 2.61. The van der Waals surface area contributed by atoms with Crippen molar-refractivity contribution in [2.45, 2.75) is 47.6 Å². The fraction of sp³-hybridized carbons (Fsp3) is 0.444. The Morgan fingerprint density at radius 2 is 1.52 bits per heavy atom. The highest BCUT2D eigenvalue weighted by atomic mass is 127. The van der Waals surface area contributed by atoms with Gasteiger partial charge in [0.05, 0.1) is 8.93 Å². The van der Waals surface area contributed by atoms with Crippen LogP contribution in [-0.4, -0.2) is 6.54 Å². The van der Waals surface area contributed by atoms with Crippen LogP contribution in [0, 0.1) is 37.5 Å². The Balaban J connectivity index is 2.66. The predicted octanol–water partition coefficient (Wildman–Crippen LogP) is 5.59. The van der Waals surface area contributed by atoms with Gasteiger partial charge in [0.25, 0.3) is 0 Å². The number of nitrogens with one attached hydrogen (secondary N) is 1. The zero-order chi connectivity index (χ0) is 15.7. The van der Waals surface area contributed by atoms with Gasteiger partial charge in [-0.3, -0.25) is 0 Å². The molecule has 0 saturated heterocycles. The van der Waals surface area contributed by atoms with Gasteiger partial charge in [0, 0.05) is 0 Å².